The summed E-state index contributed by atoms with van der Waals surface area (Å²) in [5.74, 6) is 0.0111. The lowest BCUT2D eigenvalue weighted by Crippen LogP contribution is -2.45. The monoisotopic (exact) mass is 552 g/mol. The fourth-order valence-electron chi connectivity index (χ4n) is 5.38. The van der Waals surface area contributed by atoms with Crippen LogP contribution >= 0.6 is 0 Å². The molecule has 3 heterocycles. The molecule has 3 fully saturated rings. The Hall–Kier alpha value is -3.18. The van der Waals surface area contributed by atoms with Gasteiger partial charge in [0.15, 0.2) is 0 Å². The Bertz CT molecular complexity index is 797. The third-order valence-corrected chi connectivity index (χ3v) is 7.33. The topological polar surface area (TPSA) is 190 Å². The van der Waals surface area contributed by atoms with Gasteiger partial charge in [-0.05, 0) is 37.0 Å². The van der Waals surface area contributed by atoms with E-state index in [0.29, 0.717) is 75.9 Å². The maximum absolute atomic E-state index is 11.4. The maximum Gasteiger partial charge on any atom is 0.240 e. The summed E-state index contributed by atoms with van der Waals surface area (Å²) in [5, 5.41) is 0. The average Bonchev–Trinajstić information content (AvgIpc) is 3.45. The van der Waals surface area contributed by atoms with Crippen molar-refractivity contribution in [2.75, 3.05) is 19.6 Å². The van der Waals surface area contributed by atoms with E-state index >= 15 is 0 Å². The van der Waals surface area contributed by atoms with Gasteiger partial charge in [0.2, 0.25) is 35.4 Å². The molecular weight excluding hydrogens is 504 g/mol. The predicted octanol–water partition coefficient (Wildman–Crippen LogP) is 0.356. The molecule has 0 spiro atoms. The van der Waals surface area contributed by atoms with Crippen molar-refractivity contribution in [3.8, 4) is 0 Å². The molecule has 3 rings (SSSR count). The lowest BCUT2D eigenvalue weighted by Gasteiger charge is -2.23. The average molecular weight is 553 g/mol. The van der Waals surface area contributed by atoms with Crippen molar-refractivity contribution in [3.05, 3.63) is 0 Å². The molecule has 0 aliphatic carbocycles. The van der Waals surface area contributed by atoms with Crippen molar-refractivity contribution in [2.45, 2.75) is 98.2 Å². The van der Waals surface area contributed by atoms with Crippen LogP contribution in [-0.4, -0.2) is 87.9 Å². The van der Waals surface area contributed by atoms with Gasteiger partial charge in [0.25, 0.3) is 0 Å². The highest BCUT2D eigenvalue weighted by atomic mass is 16.2. The largest absolute Gasteiger partial charge is 0.368 e. The van der Waals surface area contributed by atoms with Gasteiger partial charge in [-0.15, -0.1) is 0 Å². The van der Waals surface area contributed by atoms with Crippen molar-refractivity contribution < 1.29 is 28.8 Å². The fraction of sp³-hybridized carbons (Fsp3) is 0.778. The molecule has 39 heavy (non-hydrogen) atoms. The third-order valence-electron chi connectivity index (χ3n) is 7.33. The zero-order valence-electron chi connectivity index (χ0n) is 24.4. The van der Waals surface area contributed by atoms with E-state index in [-0.39, 0.29) is 17.7 Å². The van der Waals surface area contributed by atoms with Gasteiger partial charge < -0.3 is 31.9 Å². The van der Waals surface area contributed by atoms with Crippen LogP contribution in [0.5, 0.6) is 0 Å². The molecular formula is C27H48N6O6. The quantitative estimate of drug-likeness (QED) is 0.370. The highest BCUT2D eigenvalue weighted by molar-refractivity contribution is 5.89. The number of rotatable bonds is 9. The summed E-state index contributed by atoms with van der Waals surface area (Å²) < 4.78 is 0. The molecule has 6 N–H and O–H groups in total. The maximum atomic E-state index is 11.4. The van der Waals surface area contributed by atoms with Crippen molar-refractivity contribution in [3.63, 3.8) is 0 Å². The number of hydrogen-bond donors (Lipinski definition) is 3. The summed E-state index contributed by atoms with van der Waals surface area (Å²) in [6, 6.07) is -1.22. The van der Waals surface area contributed by atoms with Gasteiger partial charge in [0.05, 0.1) is 0 Å². The Morgan fingerprint density at radius 3 is 0.897 bits per heavy atom. The van der Waals surface area contributed by atoms with Crippen LogP contribution in [0.3, 0.4) is 0 Å². The van der Waals surface area contributed by atoms with Crippen molar-refractivity contribution >= 4 is 35.4 Å². The Balaban J connectivity index is 0.000000292. The highest BCUT2D eigenvalue weighted by Crippen LogP contribution is 2.22. The summed E-state index contributed by atoms with van der Waals surface area (Å²) in [6.45, 7) is 13.6. The number of amides is 6. The third kappa shape index (κ3) is 9.50. The van der Waals surface area contributed by atoms with Gasteiger partial charge in [-0.1, -0.05) is 41.5 Å². The van der Waals surface area contributed by atoms with Crippen LogP contribution in [0.1, 0.15) is 80.1 Å². The summed E-state index contributed by atoms with van der Waals surface area (Å²) in [7, 11) is 0. The summed E-state index contributed by atoms with van der Waals surface area (Å²) in [5.41, 5.74) is 15.6. The number of likely N-dealkylation sites (tertiary alicyclic amines) is 3. The number of carbonyl (C=O) groups is 6. The van der Waals surface area contributed by atoms with Crippen LogP contribution in [0.25, 0.3) is 0 Å². The molecule has 6 atom stereocenters. The Morgan fingerprint density at radius 1 is 0.590 bits per heavy atom. The molecule has 0 saturated carbocycles. The Morgan fingerprint density at radius 2 is 0.795 bits per heavy atom. The van der Waals surface area contributed by atoms with E-state index in [2.05, 4.69) is 0 Å². The minimum absolute atomic E-state index is 0.0538. The summed E-state index contributed by atoms with van der Waals surface area (Å²) in [4.78, 5) is 72.0. The van der Waals surface area contributed by atoms with Crippen molar-refractivity contribution in [1.82, 2.24) is 14.7 Å². The molecule has 12 heteroatoms. The van der Waals surface area contributed by atoms with Gasteiger partial charge in [0.1, 0.15) is 18.1 Å². The molecule has 0 radical (unpaired) electrons. The molecule has 0 aromatic carbocycles. The molecule has 0 bridgehead atoms. The van der Waals surface area contributed by atoms with Gasteiger partial charge >= 0.3 is 0 Å². The normalized spacial score (nSPS) is 24.9. The van der Waals surface area contributed by atoms with Crippen LogP contribution in [0.2, 0.25) is 0 Å². The minimum atomic E-state index is -0.405. The number of nitrogens with zero attached hydrogens (tertiary/aromatic N) is 3. The predicted molar refractivity (Wildman–Crippen MR) is 146 cm³/mol. The number of carbonyl (C=O) groups excluding carboxylic acids is 6. The molecule has 6 amide bonds. The van der Waals surface area contributed by atoms with Gasteiger partial charge in [0, 0.05) is 38.9 Å². The second-order valence-electron chi connectivity index (χ2n) is 11.0. The van der Waals surface area contributed by atoms with E-state index in [0.717, 1.165) is 0 Å². The SMILES string of the molecule is CC[C@@H](C(N)=O)N1CC(C)CC1=O.CC[C@@H](C(N)=O)N1CC(C)CC1=O.CC[C@@H](C(N)=O)N1C[C@H](C)CC1=O. The van der Waals surface area contributed by atoms with E-state index in [1.54, 1.807) is 14.7 Å². The first-order chi connectivity index (χ1) is 18.2. The summed E-state index contributed by atoms with van der Waals surface area (Å²) >= 11 is 0. The zero-order chi connectivity index (χ0) is 30.0. The molecule has 0 aromatic rings. The van der Waals surface area contributed by atoms with E-state index in [4.69, 9.17) is 17.2 Å². The molecule has 2 unspecified atom stereocenters. The first kappa shape index (κ1) is 33.8. The van der Waals surface area contributed by atoms with E-state index in [9.17, 15) is 28.8 Å². The number of primary amides is 3. The Labute approximate surface area is 231 Å². The highest BCUT2D eigenvalue weighted by Gasteiger charge is 2.35. The molecule has 3 aliphatic rings. The lowest BCUT2D eigenvalue weighted by molar-refractivity contribution is -0.136. The molecule has 222 valence electrons. The van der Waals surface area contributed by atoms with E-state index in [1.807, 2.05) is 41.5 Å². The lowest BCUT2D eigenvalue weighted by atomic mass is 10.1. The first-order valence-electron chi connectivity index (χ1n) is 13.9. The van der Waals surface area contributed by atoms with E-state index in [1.165, 1.54) is 0 Å². The second-order valence-corrected chi connectivity index (χ2v) is 11.0. The van der Waals surface area contributed by atoms with Gasteiger partial charge in [-0.3, -0.25) is 28.8 Å². The summed E-state index contributed by atoms with van der Waals surface area (Å²) in [6.07, 6.45) is 3.45. The van der Waals surface area contributed by atoms with Crippen LogP contribution in [-0.2, 0) is 28.8 Å². The standard InChI is InChI=1S/3C9H16N2O2/c3*1-3-7(9(10)13)11-5-6(2)4-8(11)12/h3*6-7H,3-5H2,1-2H3,(H2,10,13)/t2*6?,7-;6-,7+/m001/s1. The Kier molecular flexibility index (Phi) is 13.4. The van der Waals surface area contributed by atoms with Crippen LogP contribution < -0.4 is 17.2 Å². The first-order valence-corrected chi connectivity index (χ1v) is 13.9. The number of nitrogens with two attached hydrogens (primary N) is 3. The molecule has 12 nitrogen and oxygen atoms in total. The smallest absolute Gasteiger partial charge is 0.240 e. The van der Waals surface area contributed by atoms with E-state index < -0.39 is 35.8 Å². The molecule has 3 aliphatic heterocycles. The zero-order valence-corrected chi connectivity index (χ0v) is 24.4. The van der Waals surface area contributed by atoms with Crippen molar-refractivity contribution in [1.29, 1.82) is 0 Å². The molecule has 3 saturated heterocycles. The minimum Gasteiger partial charge on any atom is -0.368 e. The second kappa shape index (κ2) is 15.4. The van der Waals surface area contributed by atoms with Gasteiger partial charge in [-0.2, -0.15) is 0 Å². The fourth-order valence-corrected chi connectivity index (χ4v) is 5.38. The number of hydrogen-bond acceptors (Lipinski definition) is 6. The van der Waals surface area contributed by atoms with Crippen molar-refractivity contribution in [2.24, 2.45) is 35.0 Å². The van der Waals surface area contributed by atoms with Gasteiger partial charge in [-0.25, -0.2) is 0 Å². The van der Waals surface area contributed by atoms with Crippen LogP contribution in [0.4, 0.5) is 0 Å². The molecule has 0 aromatic heterocycles. The van der Waals surface area contributed by atoms with Crippen LogP contribution in [0.15, 0.2) is 0 Å². The van der Waals surface area contributed by atoms with Crippen LogP contribution in [0, 0.1) is 17.8 Å².